The van der Waals surface area contributed by atoms with Gasteiger partial charge in [0.2, 0.25) is 5.88 Å². The van der Waals surface area contributed by atoms with Crippen LogP contribution in [-0.2, 0) is 0 Å². The van der Waals surface area contributed by atoms with Crippen LogP contribution in [0.25, 0.3) is 0 Å². The number of benzene rings is 1. The zero-order valence-electron chi connectivity index (χ0n) is 15.0. The second kappa shape index (κ2) is 7.99. The van der Waals surface area contributed by atoms with Crippen LogP contribution in [-0.4, -0.2) is 48.9 Å². The Morgan fingerprint density at radius 1 is 1.04 bits per heavy atom. The molecule has 0 spiro atoms. The summed E-state index contributed by atoms with van der Waals surface area (Å²) in [4.78, 5) is 31.2. The lowest BCUT2D eigenvalue weighted by Crippen LogP contribution is -2.40. The Labute approximate surface area is 152 Å². The van der Waals surface area contributed by atoms with Crippen molar-refractivity contribution in [3.8, 4) is 11.6 Å². The van der Waals surface area contributed by atoms with Crippen molar-refractivity contribution in [1.29, 1.82) is 0 Å². The van der Waals surface area contributed by atoms with Crippen LogP contribution in [0.1, 0.15) is 33.6 Å². The van der Waals surface area contributed by atoms with Crippen LogP contribution >= 0.6 is 0 Å². The van der Waals surface area contributed by atoms with Gasteiger partial charge in [-0.1, -0.05) is 0 Å². The van der Waals surface area contributed by atoms with E-state index in [9.17, 15) is 9.59 Å². The van der Waals surface area contributed by atoms with E-state index in [1.807, 2.05) is 0 Å². The number of carbonyl (C=O) groups excluding carboxylic acids is 2. The molecule has 0 aliphatic carbocycles. The summed E-state index contributed by atoms with van der Waals surface area (Å²) in [6.07, 6.45) is 2.90. The van der Waals surface area contributed by atoms with Gasteiger partial charge < -0.3 is 14.4 Å². The van der Waals surface area contributed by atoms with Gasteiger partial charge >= 0.3 is 0 Å². The van der Waals surface area contributed by atoms with Crippen LogP contribution in [0.3, 0.4) is 0 Å². The average Bonchev–Trinajstić information content (AvgIpc) is 2.73. The van der Waals surface area contributed by atoms with Crippen molar-refractivity contribution in [2.45, 2.75) is 12.8 Å². The molecule has 0 bridgehead atoms. The van der Waals surface area contributed by atoms with Crippen molar-refractivity contribution < 1.29 is 19.1 Å². The Hall–Kier alpha value is -2.89. The predicted octanol–water partition coefficient (Wildman–Crippen LogP) is 2.83. The molecule has 0 atom stereocenters. The van der Waals surface area contributed by atoms with Gasteiger partial charge in [0.1, 0.15) is 11.3 Å². The van der Waals surface area contributed by atoms with Crippen molar-refractivity contribution in [2.24, 2.45) is 5.92 Å². The molecule has 1 amide bonds. The third-order valence-electron chi connectivity index (χ3n) is 4.72. The first-order valence-electron chi connectivity index (χ1n) is 8.60. The molecule has 136 valence electrons. The van der Waals surface area contributed by atoms with E-state index in [1.165, 1.54) is 7.11 Å². The van der Waals surface area contributed by atoms with E-state index >= 15 is 0 Å². The smallest absolute Gasteiger partial charge is 0.259 e. The second-order valence-corrected chi connectivity index (χ2v) is 6.22. The topological polar surface area (TPSA) is 68.7 Å². The number of pyridine rings is 1. The maximum Gasteiger partial charge on any atom is 0.259 e. The van der Waals surface area contributed by atoms with Gasteiger partial charge in [-0.05, 0) is 49.2 Å². The standard InChI is InChI=1S/C20H22N2O4/c1-25-16-7-5-14(6-8-16)18(23)15-9-12-22(13-10-15)20(24)17-4-3-11-21-19(17)26-2/h3-8,11,15H,9-10,12-13H2,1-2H3. The maximum atomic E-state index is 12.7. The minimum Gasteiger partial charge on any atom is -0.497 e. The number of ketones is 1. The molecule has 0 N–H and O–H groups in total. The van der Waals surface area contributed by atoms with E-state index in [0.29, 0.717) is 42.9 Å². The molecule has 1 aromatic heterocycles. The highest BCUT2D eigenvalue weighted by atomic mass is 16.5. The molecule has 1 fully saturated rings. The van der Waals surface area contributed by atoms with Gasteiger partial charge in [-0.2, -0.15) is 0 Å². The lowest BCUT2D eigenvalue weighted by molar-refractivity contribution is 0.0647. The van der Waals surface area contributed by atoms with E-state index in [1.54, 1.807) is 54.6 Å². The Morgan fingerprint density at radius 2 is 1.73 bits per heavy atom. The molecular formula is C20H22N2O4. The van der Waals surface area contributed by atoms with Crippen molar-refractivity contribution in [1.82, 2.24) is 9.88 Å². The van der Waals surface area contributed by atoms with E-state index in [-0.39, 0.29) is 17.6 Å². The molecule has 1 saturated heterocycles. The number of methoxy groups -OCH3 is 2. The summed E-state index contributed by atoms with van der Waals surface area (Å²) >= 11 is 0. The molecule has 0 radical (unpaired) electrons. The number of amides is 1. The minimum atomic E-state index is -0.106. The minimum absolute atomic E-state index is 0.0664. The Morgan fingerprint density at radius 3 is 2.35 bits per heavy atom. The summed E-state index contributed by atoms with van der Waals surface area (Å²) in [5.41, 5.74) is 1.14. The number of Topliss-reactive ketones (excluding diaryl/α,β-unsaturated/α-hetero) is 1. The number of piperidine rings is 1. The maximum absolute atomic E-state index is 12.7. The van der Waals surface area contributed by atoms with Gasteiger partial charge in [-0.25, -0.2) is 4.98 Å². The average molecular weight is 354 g/mol. The summed E-state index contributed by atoms with van der Waals surface area (Å²) in [6, 6.07) is 10.6. The third kappa shape index (κ3) is 3.69. The molecule has 2 aromatic rings. The van der Waals surface area contributed by atoms with E-state index in [2.05, 4.69) is 4.98 Å². The largest absolute Gasteiger partial charge is 0.497 e. The van der Waals surface area contributed by atoms with Gasteiger partial charge in [0, 0.05) is 30.8 Å². The van der Waals surface area contributed by atoms with Gasteiger partial charge in [-0.3, -0.25) is 9.59 Å². The molecule has 1 aromatic carbocycles. The van der Waals surface area contributed by atoms with Crippen LogP contribution in [0.5, 0.6) is 11.6 Å². The predicted molar refractivity (Wildman–Crippen MR) is 96.7 cm³/mol. The van der Waals surface area contributed by atoms with Gasteiger partial charge in [-0.15, -0.1) is 0 Å². The van der Waals surface area contributed by atoms with Crippen LogP contribution in [0.2, 0.25) is 0 Å². The number of aromatic nitrogens is 1. The molecule has 6 nitrogen and oxygen atoms in total. The molecule has 1 aliphatic heterocycles. The molecule has 3 rings (SSSR count). The number of nitrogens with zero attached hydrogens (tertiary/aromatic N) is 2. The van der Waals surface area contributed by atoms with E-state index in [0.717, 1.165) is 5.75 Å². The first kappa shape index (κ1) is 17.9. The number of ether oxygens (including phenoxy) is 2. The SMILES string of the molecule is COc1ccc(C(=O)C2CCN(C(=O)c3cccnc3OC)CC2)cc1. The van der Waals surface area contributed by atoms with E-state index in [4.69, 9.17) is 9.47 Å². The van der Waals surface area contributed by atoms with Gasteiger partial charge in [0.15, 0.2) is 5.78 Å². The third-order valence-corrected chi connectivity index (χ3v) is 4.72. The number of hydrogen-bond acceptors (Lipinski definition) is 5. The highest BCUT2D eigenvalue weighted by molar-refractivity contribution is 5.99. The van der Waals surface area contributed by atoms with Crippen molar-refractivity contribution >= 4 is 11.7 Å². The summed E-state index contributed by atoms with van der Waals surface area (Å²) < 4.78 is 10.3. The fourth-order valence-corrected chi connectivity index (χ4v) is 3.22. The fourth-order valence-electron chi connectivity index (χ4n) is 3.22. The van der Waals surface area contributed by atoms with Crippen LogP contribution in [0, 0.1) is 5.92 Å². The lowest BCUT2D eigenvalue weighted by Gasteiger charge is -2.31. The molecule has 0 unspecified atom stereocenters. The van der Waals surface area contributed by atoms with Crippen molar-refractivity contribution in [3.05, 3.63) is 53.7 Å². The first-order chi connectivity index (χ1) is 12.6. The Bertz CT molecular complexity index is 781. The molecule has 1 aliphatic rings. The van der Waals surface area contributed by atoms with Crippen LogP contribution in [0.4, 0.5) is 0 Å². The first-order valence-corrected chi connectivity index (χ1v) is 8.60. The number of likely N-dealkylation sites (tertiary alicyclic amines) is 1. The monoisotopic (exact) mass is 354 g/mol. The Kier molecular flexibility index (Phi) is 5.51. The fraction of sp³-hybridized carbons (Fsp3) is 0.350. The zero-order valence-corrected chi connectivity index (χ0v) is 15.0. The highest BCUT2D eigenvalue weighted by Gasteiger charge is 2.29. The zero-order chi connectivity index (χ0) is 18.5. The Balaban J connectivity index is 1.63. The second-order valence-electron chi connectivity index (χ2n) is 6.22. The number of hydrogen-bond donors (Lipinski definition) is 0. The summed E-state index contributed by atoms with van der Waals surface area (Å²) in [5.74, 6) is 1.01. The normalized spacial score (nSPS) is 14.8. The molecule has 0 saturated carbocycles. The van der Waals surface area contributed by atoms with Crippen molar-refractivity contribution in [2.75, 3.05) is 27.3 Å². The van der Waals surface area contributed by atoms with Gasteiger partial charge in [0.05, 0.1) is 14.2 Å². The van der Waals surface area contributed by atoms with Crippen LogP contribution < -0.4 is 9.47 Å². The number of carbonyl (C=O) groups is 2. The highest BCUT2D eigenvalue weighted by Crippen LogP contribution is 2.25. The molecule has 26 heavy (non-hydrogen) atoms. The summed E-state index contributed by atoms with van der Waals surface area (Å²) in [5, 5.41) is 0. The van der Waals surface area contributed by atoms with Gasteiger partial charge in [0.25, 0.3) is 5.91 Å². The van der Waals surface area contributed by atoms with Crippen LogP contribution in [0.15, 0.2) is 42.6 Å². The summed E-state index contributed by atoms with van der Waals surface area (Å²) in [6.45, 7) is 1.09. The number of rotatable bonds is 5. The molecular weight excluding hydrogens is 332 g/mol. The lowest BCUT2D eigenvalue weighted by atomic mass is 9.88. The van der Waals surface area contributed by atoms with E-state index < -0.39 is 0 Å². The molecule has 6 heteroatoms. The van der Waals surface area contributed by atoms with Crippen molar-refractivity contribution in [3.63, 3.8) is 0 Å². The quantitative estimate of drug-likeness (QED) is 0.772. The summed E-state index contributed by atoms with van der Waals surface area (Å²) in [7, 11) is 3.10. The molecule has 2 heterocycles.